The van der Waals surface area contributed by atoms with Gasteiger partial charge in [0.25, 0.3) is 0 Å². The molecule has 0 unspecified atom stereocenters. The Labute approximate surface area is 104 Å². The summed E-state index contributed by atoms with van der Waals surface area (Å²) < 4.78 is 0. The van der Waals surface area contributed by atoms with E-state index in [0.717, 1.165) is 0 Å². The first-order valence-corrected chi connectivity index (χ1v) is 5.37. The maximum absolute atomic E-state index is 7.33. The summed E-state index contributed by atoms with van der Waals surface area (Å²) in [5.41, 5.74) is 0. The fraction of sp³-hybridized carbons (Fsp3) is 0. The molecule has 0 saturated carbocycles. The van der Waals surface area contributed by atoms with Crippen LogP contribution in [0.5, 0.6) is 0 Å². The van der Waals surface area contributed by atoms with E-state index in [0.29, 0.717) is 0 Å². The summed E-state index contributed by atoms with van der Waals surface area (Å²) in [7, 11) is -9.22. The van der Waals surface area contributed by atoms with Gasteiger partial charge >= 0.3 is 18.1 Å². The minimum atomic E-state index is -4.61. The van der Waals surface area contributed by atoms with E-state index in [2.05, 4.69) is 0 Å². The van der Waals surface area contributed by atoms with Crippen LogP contribution in [0.4, 0.5) is 0 Å². The molecular formula is H8BaO8Si2. The van der Waals surface area contributed by atoms with Gasteiger partial charge < -0.3 is 38.4 Å². The molecule has 11 heavy (non-hydrogen) atoms. The Kier molecular flexibility index (Phi) is 12.0. The van der Waals surface area contributed by atoms with E-state index in [-0.39, 0.29) is 48.9 Å². The molecular weight excluding hydrogens is 321 g/mol. The van der Waals surface area contributed by atoms with Gasteiger partial charge in [-0.2, -0.15) is 0 Å². The van der Waals surface area contributed by atoms with Gasteiger partial charge in [-0.25, -0.2) is 0 Å². The van der Waals surface area contributed by atoms with Gasteiger partial charge in [-0.3, -0.25) is 0 Å². The maximum Gasteiger partial charge on any atom is 0.668 e. The summed E-state index contributed by atoms with van der Waals surface area (Å²) in [4.78, 5) is 58.6. The summed E-state index contributed by atoms with van der Waals surface area (Å²) >= 11 is 0. The summed E-state index contributed by atoms with van der Waals surface area (Å²) in [6.07, 6.45) is 0. The average molecular weight is 330 g/mol. The maximum atomic E-state index is 7.33. The number of hydrogen-bond donors (Lipinski definition) is 8. The van der Waals surface area contributed by atoms with Crippen LogP contribution in [-0.2, 0) is 0 Å². The fourth-order valence-corrected chi connectivity index (χ4v) is 0. The normalized spacial score (nSPS) is 10.9. The predicted octanol–water partition coefficient (Wildman–Crippen LogP) is -5.60. The molecule has 0 amide bonds. The van der Waals surface area contributed by atoms with Crippen molar-refractivity contribution in [2.24, 2.45) is 0 Å². The van der Waals surface area contributed by atoms with E-state index < -0.39 is 18.1 Å². The predicted molar refractivity (Wildman–Crippen MR) is 35.0 cm³/mol. The molecule has 0 spiro atoms. The van der Waals surface area contributed by atoms with Gasteiger partial charge in [0, 0.05) is 48.9 Å². The van der Waals surface area contributed by atoms with Gasteiger partial charge in [0.1, 0.15) is 0 Å². The molecule has 11 heteroatoms. The largest absolute Gasteiger partial charge is 0.668 e. The van der Waals surface area contributed by atoms with Crippen molar-refractivity contribution in [3.05, 3.63) is 0 Å². The number of rotatable bonds is 0. The zero-order chi connectivity index (χ0) is 9.00. The molecule has 0 atom stereocenters. The summed E-state index contributed by atoms with van der Waals surface area (Å²) in [5.74, 6) is 0. The summed E-state index contributed by atoms with van der Waals surface area (Å²) in [5, 5.41) is 0. The van der Waals surface area contributed by atoms with E-state index in [1.807, 2.05) is 0 Å². The van der Waals surface area contributed by atoms with Gasteiger partial charge in [0.2, 0.25) is 0 Å². The van der Waals surface area contributed by atoms with Gasteiger partial charge in [-0.1, -0.05) is 0 Å². The molecule has 8 nitrogen and oxygen atoms in total. The second-order valence-corrected chi connectivity index (χ2v) is 3.60. The SMILES string of the molecule is O[Si](O)(O)O.O[Si](O)(O)O.[Ba]. The van der Waals surface area contributed by atoms with Crippen molar-refractivity contribution < 1.29 is 38.4 Å². The van der Waals surface area contributed by atoms with Crippen molar-refractivity contribution in [3.63, 3.8) is 0 Å². The summed E-state index contributed by atoms with van der Waals surface area (Å²) in [6.45, 7) is 0. The van der Waals surface area contributed by atoms with Crippen molar-refractivity contribution in [1.82, 2.24) is 0 Å². The van der Waals surface area contributed by atoms with Crippen LogP contribution in [0.3, 0.4) is 0 Å². The monoisotopic (exact) mass is 330 g/mol. The van der Waals surface area contributed by atoms with Gasteiger partial charge in [-0.05, 0) is 0 Å². The third-order valence-electron chi connectivity index (χ3n) is 0. The van der Waals surface area contributed by atoms with Crippen molar-refractivity contribution >= 4 is 67.0 Å². The molecule has 0 aromatic heterocycles. The number of hydrogen-bond acceptors (Lipinski definition) is 8. The van der Waals surface area contributed by atoms with Crippen LogP contribution in [0.25, 0.3) is 0 Å². The van der Waals surface area contributed by atoms with E-state index in [4.69, 9.17) is 38.4 Å². The van der Waals surface area contributed by atoms with Crippen LogP contribution >= 0.6 is 0 Å². The fourth-order valence-electron chi connectivity index (χ4n) is 0. The summed E-state index contributed by atoms with van der Waals surface area (Å²) in [6, 6.07) is 0. The van der Waals surface area contributed by atoms with Crippen LogP contribution in [0.1, 0.15) is 0 Å². The first-order chi connectivity index (χ1) is 4.00. The van der Waals surface area contributed by atoms with Crippen LogP contribution in [0.2, 0.25) is 0 Å². The molecule has 0 aliphatic heterocycles. The molecule has 0 aromatic rings. The molecule has 0 aliphatic rings. The third kappa shape index (κ3) is 386. The molecule has 66 valence electrons. The molecule has 0 bridgehead atoms. The van der Waals surface area contributed by atoms with Crippen LogP contribution in [-0.4, -0.2) is 105 Å². The quantitative estimate of drug-likeness (QED) is 0.204. The van der Waals surface area contributed by atoms with Gasteiger partial charge in [-0.15, -0.1) is 0 Å². The van der Waals surface area contributed by atoms with E-state index in [1.165, 1.54) is 0 Å². The molecule has 0 heterocycles. The zero-order valence-electron chi connectivity index (χ0n) is 5.28. The smallest absolute Gasteiger partial charge is 0.368 e. The van der Waals surface area contributed by atoms with Gasteiger partial charge in [0.05, 0.1) is 0 Å². The third-order valence-corrected chi connectivity index (χ3v) is 0. The van der Waals surface area contributed by atoms with Crippen molar-refractivity contribution in [2.75, 3.05) is 0 Å². The second-order valence-electron chi connectivity index (χ2n) is 1.20. The molecule has 0 aliphatic carbocycles. The first-order valence-electron chi connectivity index (χ1n) is 1.79. The molecule has 0 aromatic carbocycles. The van der Waals surface area contributed by atoms with E-state index in [1.54, 1.807) is 0 Å². The van der Waals surface area contributed by atoms with Crippen molar-refractivity contribution in [3.8, 4) is 0 Å². The Morgan fingerprint density at radius 3 is 0.455 bits per heavy atom. The Bertz CT molecular complexity index is 55.1. The van der Waals surface area contributed by atoms with Crippen LogP contribution in [0.15, 0.2) is 0 Å². The van der Waals surface area contributed by atoms with E-state index in [9.17, 15) is 0 Å². The van der Waals surface area contributed by atoms with Crippen molar-refractivity contribution in [1.29, 1.82) is 0 Å². The molecule has 0 rings (SSSR count). The Hall–Kier alpha value is 1.69. The Balaban J connectivity index is -0.000000107. The standard InChI is InChI=1S/Ba.2H4O4Si/c;2*1-5(2,3)4/h;2*1-4H. The second kappa shape index (κ2) is 7.12. The average Bonchev–Trinajstić information content (AvgIpc) is 1.12. The Morgan fingerprint density at radius 1 is 0.455 bits per heavy atom. The molecule has 0 fully saturated rings. The zero-order valence-corrected chi connectivity index (χ0v) is 11.7. The van der Waals surface area contributed by atoms with Gasteiger partial charge in [0.15, 0.2) is 0 Å². The minimum absolute atomic E-state index is 0. The molecule has 2 radical (unpaired) electrons. The van der Waals surface area contributed by atoms with Crippen LogP contribution < -0.4 is 0 Å². The van der Waals surface area contributed by atoms with Crippen molar-refractivity contribution in [2.45, 2.75) is 0 Å². The van der Waals surface area contributed by atoms with E-state index >= 15 is 0 Å². The molecule has 8 N–H and O–H groups in total. The molecule has 0 saturated heterocycles. The minimum Gasteiger partial charge on any atom is -0.368 e. The Morgan fingerprint density at radius 2 is 0.455 bits per heavy atom. The van der Waals surface area contributed by atoms with Crippen LogP contribution in [0, 0.1) is 0 Å². The first kappa shape index (κ1) is 18.5. The topological polar surface area (TPSA) is 162 Å².